The van der Waals surface area contributed by atoms with Crippen molar-refractivity contribution in [3.63, 3.8) is 0 Å². The number of ether oxygens (including phenoxy) is 2. The van der Waals surface area contributed by atoms with Gasteiger partial charge >= 0.3 is 0 Å². The summed E-state index contributed by atoms with van der Waals surface area (Å²) in [5.41, 5.74) is 2.43. The Morgan fingerprint density at radius 3 is 2.79 bits per heavy atom. The molecule has 1 saturated carbocycles. The predicted molar refractivity (Wildman–Crippen MR) is 71.4 cm³/mol. The van der Waals surface area contributed by atoms with E-state index in [0.29, 0.717) is 12.5 Å². The minimum atomic E-state index is 0.669. The Bertz CT molecular complexity index is 483. The van der Waals surface area contributed by atoms with Gasteiger partial charge in [-0.15, -0.1) is 0 Å². The molecule has 0 aromatic heterocycles. The number of benzene rings is 1. The van der Waals surface area contributed by atoms with Gasteiger partial charge in [0.1, 0.15) is 0 Å². The lowest BCUT2D eigenvalue weighted by Crippen LogP contribution is -2.29. The highest BCUT2D eigenvalue weighted by Gasteiger charge is 2.23. The molecule has 0 atom stereocenters. The lowest BCUT2D eigenvalue weighted by molar-refractivity contribution is -0.118. The van der Waals surface area contributed by atoms with Crippen LogP contribution in [0.3, 0.4) is 0 Å². The maximum absolute atomic E-state index is 10.9. The second kappa shape index (κ2) is 5.11. The molecule has 1 fully saturated rings. The summed E-state index contributed by atoms with van der Waals surface area (Å²) in [4.78, 5) is 12.7. The molecule has 1 heterocycles. The van der Waals surface area contributed by atoms with E-state index in [1.54, 1.807) is 12.0 Å². The molecule has 0 unspecified atom stereocenters. The summed E-state index contributed by atoms with van der Waals surface area (Å²) < 4.78 is 11.3. The minimum absolute atomic E-state index is 0.669. The van der Waals surface area contributed by atoms with Crippen LogP contribution in [0.15, 0.2) is 12.1 Å². The molecule has 0 saturated heterocycles. The average molecular weight is 261 g/mol. The van der Waals surface area contributed by atoms with Gasteiger partial charge < -0.3 is 14.4 Å². The molecular weight excluding hydrogens is 242 g/mol. The van der Waals surface area contributed by atoms with Crippen LogP contribution in [0.5, 0.6) is 11.5 Å². The number of hydrogen-bond acceptors (Lipinski definition) is 3. The molecular formula is C15H19NO3. The number of carbonyl (C=O) groups excluding carboxylic acids is 1. The quantitative estimate of drug-likeness (QED) is 0.761. The van der Waals surface area contributed by atoms with Crippen molar-refractivity contribution < 1.29 is 14.3 Å². The van der Waals surface area contributed by atoms with Gasteiger partial charge in [0, 0.05) is 13.1 Å². The fourth-order valence-corrected chi connectivity index (χ4v) is 2.44. The van der Waals surface area contributed by atoms with Gasteiger partial charge in [-0.2, -0.15) is 0 Å². The first kappa shape index (κ1) is 12.3. The molecule has 4 nitrogen and oxygen atoms in total. The van der Waals surface area contributed by atoms with E-state index >= 15 is 0 Å². The maximum Gasteiger partial charge on any atom is 0.210 e. The molecule has 0 N–H and O–H groups in total. The number of amides is 1. The van der Waals surface area contributed by atoms with Crippen molar-refractivity contribution in [2.45, 2.75) is 25.8 Å². The van der Waals surface area contributed by atoms with Crippen LogP contribution in [0.1, 0.15) is 24.0 Å². The second-order valence-electron chi connectivity index (χ2n) is 5.35. The third kappa shape index (κ3) is 2.67. The van der Waals surface area contributed by atoms with E-state index in [1.165, 1.54) is 24.0 Å². The molecule has 102 valence electrons. The first-order valence-electron chi connectivity index (χ1n) is 6.82. The van der Waals surface area contributed by atoms with E-state index in [-0.39, 0.29) is 0 Å². The van der Waals surface area contributed by atoms with Crippen LogP contribution < -0.4 is 9.47 Å². The van der Waals surface area contributed by atoms with E-state index in [0.717, 1.165) is 37.5 Å². The van der Waals surface area contributed by atoms with Gasteiger partial charge in [-0.1, -0.05) is 0 Å². The molecule has 2 aliphatic rings. The molecule has 19 heavy (non-hydrogen) atoms. The Hall–Kier alpha value is -1.71. The molecule has 0 radical (unpaired) electrons. The maximum atomic E-state index is 10.9. The van der Waals surface area contributed by atoms with Crippen molar-refractivity contribution in [1.82, 2.24) is 4.90 Å². The molecule has 4 heteroatoms. The summed E-state index contributed by atoms with van der Waals surface area (Å²) in [6, 6.07) is 4.09. The van der Waals surface area contributed by atoms with E-state index in [2.05, 4.69) is 6.07 Å². The first-order valence-corrected chi connectivity index (χ1v) is 6.82. The lowest BCUT2D eigenvalue weighted by Gasteiger charge is -2.26. The standard InChI is InChI=1S/C15H19NO3/c1-18-14-6-12-4-5-16(10-17)8-13(12)7-15(14)19-9-11-2-3-11/h6-7,10-11H,2-5,8-9H2,1H3. The summed E-state index contributed by atoms with van der Waals surface area (Å²) in [5, 5.41) is 0. The highest BCUT2D eigenvalue weighted by atomic mass is 16.5. The number of hydrogen-bond donors (Lipinski definition) is 0. The summed E-state index contributed by atoms with van der Waals surface area (Å²) >= 11 is 0. The summed E-state index contributed by atoms with van der Waals surface area (Å²) in [6.45, 7) is 2.22. The van der Waals surface area contributed by atoms with Crippen LogP contribution >= 0.6 is 0 Å². The average Bonchev–Trinajstić information content (AvgIpc) is 3.27. The van der Waals surface area contributed by atoms with Gasteiger partial charge in [0.05, 0.1) is 13.7 Å². The molecule has 0 bridgehead atoms. The van der Waals surface area contributed by atoms with E-state index in [1.807, 2.05) is 6.07 Å². The van der Waals surface area contributed by atoms with Crippen molar-refractivity contribution in [3.05, 3.63) is 23.3 Å². The molecule has 1 aromatic carbocycles. The molecule has 1 aromatic rings. The third-order valence-corrected chi connectivity index (χ3v) is 3.85. The van der Waals surface area contributed by atoms with Gasteiger partial charge in [0.15, 0.2) is 11.5 Å². The van der Waals surface area contributed by atoms with Crippen LogP contribution in [0.2, 0.25) is 0 Å². The Kier molecular flexibility index (Phi) is 3.32. The molecule has 0 spiro atoms. The van der Waals surface area contributed by atoms with Gasteiger partial charge in [-0.3, -0.25) is 4.79 Å². The Morgan fingerprint density at radius 2 is 2.11 bits per heavy atom. The first-order chi connectivity index (χ1) is 9.30. The van der Waals surface area contributed by atoms with E-state index in [4.69, 9.17) is 9.47 Å². The SMILES string of the molecule is COc1cc2c(cc1OCC1CC1)CN(C=O)CC2. The number of fused-ring (bicyclic) bond motifs is 1. The van der Waals surface area contributed by atoms with Crippen molar-refractivity contribution in [3.8, 4) is 11.5 Å². The highest BCUT2D eigenvalue weighted by molar-refractivity contribution is 5.53. The Balaban J connectivity index is 1.83. The van der Waals surface area contributed by atoms with E-state index in [9.17, 15) is 4.79 Å². The number of methoxy groups -OCH3 is 1. The highest BCUT2D eigenvalue weighted by Crippen LogP contribution is 2.35. The lowest BCUT2D eigenvalue weighted by atomic mass is 9.99. The Labute approximate surface area is 113 Å². The van der Waals surface area contributed by atoms with Crippen LogP contribution in [0.25, 0.3) is 0 Å². The largest absolute Gasteiger partial charge is 0.493 e. The van der Waals surface area contributed by atoms with Crippen molar-refractivity contribution in [2.24, 2.45) is 5.92 Å². The summed E-state index contributed by atoms with van der Waals surface area (Å²) in [7, 11) is 1.67. The van der Waals surface area contributed by atoms with Gasteiger partial charge in [0.25, 0.3) is 0 Å². The molecule has 1 aliphatic heterocycles. The fraction of sp³-hybridized carbons (Fsp3) is 0.533. The van der Waals surface area contributed by atoms with Crippen molar-refractivity contribution in [1.29, 1.82) is 0 Å². The normalized spacial score (nSPS) is 17.8. The van der Waals surface area contributed by atoms with Crippen molar-refractivity contribution >= 4 is 6.41 Å². The number of rotatable bonds is 5. The third-order valence-electron chi connectivity index (χ3n) is 3.85. The van der Waals surface area contributed by atoms with Crippen molar-refractivity contribution in [2.75, 3.05) is 20.3 Å². The zero-order valence-electron chi connectivity index (χ0n) is 11.2. The van der Waals surface area contributed by atoms with Gasteiger partial charge in [-0.25, -0.2) is 0 Å². The second-order valence-corrected chi connectivity index (χ2v) is 5.35. The molecule has 1 amide bonds. The summed E-state index contributed by atoms with van der Waals surface area (Å²) in [6.07, 6.45) is 4.34. The van der Waals surface area contributed by atoms with Crippen LogP contribution in [0, 0.1) is 5.92 Å². The number of carbonyl (C=O) groups is 1. The minimum Gasteiger partial charge on any atom is -0.493 e. The zero-order chi connectivity index (χ0) is 13.2. The Morgan fingerprint density at radius 1 is 1.32 bits per heavy atom. The smallest absolute Gasteiger partial charge is 0.210 e. The number of nitrogens with zero attached hydrogens (tertiary/aromatic N) is 1. The fourth-order valence-electron chi connectivity index (χ4n) is 2.44. The topological polar surface area (TPSA) is 38.8 Å². The van der Waals surface area contributed by atoms with Crippen LogP contribution in [-0.4, -0.2) is 31.6 Å². The van der Waals surface area contributed by atoms with Gasteiger partial charge in [-0.05, 0) is 48.4 Å². The van der Waals surface area contributed by atoms with Crippen LogP contribution in [0.4, 0.5) is 0 Å². The van der Waals surface area contributed by atoms with Crippen LogP contribution in [-0.2, 0) is 17.8 Å². The van der Waals surface area contributed by atoms with Gasteiger partial charge in [0.2, 0.25) is 6.41 Å². The molecule has 1 aliphatic carbocycles. The molecule has 3 rings (SSSR count). The zero-order valence-corrected chi connectivity index (χ0v) is 11.2. The van der Waals surface area contributed by atoms with E-state index < -0.39 is 0 Å². The summed E-state index contributed by atoms with van der Waals surface area (Å²) in [5.74, 6) is 2.33. The predicted octanol–water partition coefficient (Wildman–Crippen LogP) is 2.00. The monoisotopic (exact) mass is 261 g/mol.